The number of nitrogens with one attached hydrogen (secondary N) is 1. The van der Waals surface area contributed by atoms with E-state index in [4.69, 9.17) is 0 Å². The number of quaternary nitrogens is 1. The number of rotatable bonds is 0. The van der Waals surface area contributed by atoms with Crippen molar-refractivity contribution < 1.29 is 5.06 Å². The molecule has 1 rings (SSSR count). The quantitative estimate of drug-likeness (QED) is 0.349. The van der Waals surface area contributed by atoms with E-state index in [9.17, 15) is 5.21 Å². The van der Waals surface area contributed by atoms with Gasteiger partial charge in [0, 0.05) is 6.42 Å². The molecule has 0 aromatic heterocycles. The van der Waals surface area contributed by atoms with Crippen LogP contribution in [-0.4, -0.2) is 5.37 Å². The molecule has 0 amide bonds. The molecule has 2 nitrogen and oxygen atoms in total. The van der Waals surface area contributed by atoms with Gasteiger partial charge in [0.25, 0.3) is 0 Å². The highest BCUT2D eigenvalue weighted by Gasteiger charge is 2.09. The average molecular weight is 131 g/mol. The Kier molecular flexibility index (Phi) is 1.94. The Balaban J connectivity index is 2.47. The van der Waals surface area contributed by atoms with Crippen molar-refractivity contribution in [3.05, 3.63) is 17.5 Å². The van der Waals surface area contributed by atoms with Crippen molar-refractivity contribution in [2.24, 2.45) is 0 Å². The minimum absolute atomic E-state index is 0.0278. The molecular weight excluding hydrogens is 122 g/mol. The maximum absolute atomic E-state index is 10.6. The van der Waals surface area contributed by atoms with E-state index in [0.29, 0.717) is 0 Å². The van der Waals surface area contributed by atoms with Crippen LogP contribution in [0.15, 0.2) is 12.3 Å². The van der Waals surface area contributed by atoms with E-state index in [2.05, 4.69) is 12.6 Å². The molecule has 2 atom stereocenters. The average Bonchev–Trinajstić information content (AvgIpc) is 1.77. The van der Waals surface area contributed by atoms with Crippen LogP contribution in [0.2, 0.25) is 0 Å². The van der Waals surface area contributed by atoms with Gasteiger partial charge in [-0.25, -0.2) is 0 Å². The predicted octanol–water partition coefficient (Wildman–Crippen LogP) is -0.0675. The number of thiol groups is 1. The number of hydrogen-bond donors (Lipinski definition) is 2. The van der Waals surface area contributed by atoms with Gasteiger partial charge >= 0.3 is 0 Å². The first-order chi connectivity index (χ1) is 3.80. The van der Waals surface area contributed by atoms with Crippen LogP contribution in [0.5, 0.6) is 0 Å². The molecule has 1 aliphatic heterocycles. The highest BCUT2D eigenvalue weighted by atomic mass is 32.1. The fourth-order valence-electron chi connectivity index (χ4n) is 0.707. The fraction of sp³-hybridized carbons (Fsp3) is 0.600. The van der Waals surface area contributed by atoms with E-state index in [0.717, 1.165) is 12.8 Å². The Hall–Kier alpha value is 0.01000. The fourth-order valence-corrected chi connectivity index (χ4v) is 0.942. The highest BCUT2D eigenvalue weighted by molar-refractivity contribution is 7.80. The van der Waals surface area contributed by atoms with Gasteiger partial charge in [0.1, 0.15) is 5.37 Å². The standard InChI is InChI=1S/C5H9NOS/c7-6-4-2-1-3-5(6)8/h2,4-6,8H,1,3H2. The lowest BCUT2D eigenvalue weighted by Crippen LogP contribution is -3.06. The van der Waals surface area contributed by atoms with Crippen molar-refractivity contribution in [1.82, 2.24) is 0 Å². The Labute approximate surface area is 54.2 Å². The zero-order valence-electron chi connectivity index (χ0n) is 4.50. The molecule has 0 aromatic carbocycles. The zero-order chi connectivity index (χ0) is 5.98. The van der Waals surface area contributed by atoms with E-state index >= 15 is 0 Å². The Morgan fingerprint density at radius 2 is 2.50 bits per heavy atom. The van der Waals surface area contributed by atoms with E-state index in [1.807, 2.05) is 6.08 Å². The molecule has 0 saturated heterocycles. The molecule has 1 aliphatic rings. The Bertz CT molecular complexity index is 105. The largest absolute Gasteiger partial charge is 0.628 e. The molecule has 1 N–H and O–H groups in total. The molecule has 0 aromatic rings. The van der Waals surface area contributed by atoms with Crippen LogP contribution in [0.25, 0.3) is 0 Å². The Morgan fingerprint density at radius 3 is 2.88 bits per heavy atom. The lowest BCUT2D eigenvalue weighted by atomic mass is 10.2. The molecule has 0 fully saturated rings. The van der Waals surface area contributed by atoms with Gasteiger partial charge in [0.2, 0.25) is 0 Å². The number of hydrogen-bond acceptors (Lipinski definition) is 2. The second-order valence-corrected chi connectivity index (χ2v) is 2.52. The molecule has 0 bridgehead atoms. The van der Waals surface area contributed by atoms with Crippen LogP contribution < -0.4 is 5.06 Å². The topological polar surface area (TPSA) is 27.5 Å². The maximum atomic E-state index is 10.6. The van der Waals surface area contributed by atoms with Crippen molar-refractivity contribution in [1.29, 1.82) is 0 Å². The normalized spacial score (nSPS) is 37.8. The van der Waals surface area contributed by atoms with Crippen molar-refractivity contribution in [2.75, 3.05) is 0 Å². The van der Waals surface area contributed by atoms with Crippen LogP contribution in [0.3, 0.4) is 0 Å². The van der Waals surface area contributed by atoms with Gasteiger partial charge in [-0.2, -0.15) is 0 Å². The van der Waals surface area contributed by atoms with Crippen molar-refractivity contribution >= 4 is 12.6 Å². The lowest BCUT2D eigenvalue weighted by Gasteiger charge is -2.26. The SMILES string of the molecule is [O-][NH+]1C=CCCC1S. The lowest BCUT2D eigenvalue weighted by molar-refractivity contribution is -0.805. The van der Waals surface area contributed by atoms with Crippen LogP contribution in [0, 0.1) is 5.21 Å². The first-order valence-corrected chi connectivity index (χ1v) is 3.21. The van der Waals surface area contributed by atoms with Crippen LogP contribution in [0.1, 0.15) is 12.8 Å². The summed E-state index contributed by atoms with van der Waals surface area (Å²) in [5.41, 5.74) is 0. The molecular formula is C5H9NOS. The maximum Gasteiger partial charge on any atom is 0.135 e. The van der Waals surface area contributed by atoms with Crippen LogP contribution >= 0.6 is 12.6 Å². The van der Waals surface area contributed by atoms with Gasteiger partial charge in [-0.3, -0.25) is 0 Å². The molecule has 1 heterocycles. The summed E-state index contributed by atoms with van der Waals surface area (Å²) >= 11 is 4.06. The van der Waals surface area contributed by atoms with Crippen molar-refractivity contribution in [3.63, 3.8) is 0 Å². The van der Waals surface area contributed by atoms with Gasteiger partial charge in [-0.05, 0) is 12.5 Å². The van der Waals surface area contributed by atoms with E-state index < -0.39 is 0 Å². The monoisotopic (exact) mass is 131 g/mol. The highest BCUT2D eigenvalue weighted by Crippen LogP contribution is 2.01. The van der Waals surface area contributed by atoms with E-state index in [1.165, 1.54) is 0 Å². The first kappa shape index (κ1) is 6.13. The third kappa shape index (κ3) is 1.24. The molecule has 46 valence electrons. The number of allylic oxidation sites excluding steroid dienone is 1. The third-order valence-electron chi connectivity index (χ3n) is 1.22. The molecule has 0 aliphatic carbocycles. The predicted molar refractivity (Wildman–Crippen MR) is 35.5 cm³/mol. The summed E-state index contributed by atoms with van der Waals surface area (Å²) in [5.74, 6) is 0. The molecule has 0 saturated carbocycles. The Morgan fingerprint density at radius 1 is 1.75 bits per heavy atom. The van der Waals surface area contributed by atoms with Crippen LogP contribution in [-0.2, 0) is 0 Å². The summed E-state index contributed by atoms with van der Waals surface area (Å²) in [6, 6.07) is 0. The summed E-state index contributed by atoms with van der Waals surface area (Å²) in [6.45, 7) is 0. The van der Waals surface area contributed by atoms with E-state index in [-0.39, 0.29) is 10.4 Å². The van der Waals surface area contributed by atoms with Gasteiger partial charge in [0.05, 0.1) is 6.20 Å². The first-order valence-electron chi connectivity index (χ1n) is 2.69. The summed E-state index contributed by atoms with van der Waals surface area (Å²) < 4.78 is 0. The van der Waals surface area contributed by atoms with Crippen molar-refractivity contribution in [3.8, 4) is 0 Å². The summed E-state index contributed by atoms with van der Waals surface area (Å²) in [5, 5.41) is 10.8. The molecule has 2 unspecified atom stereocenters. The van der Waals surface area contributed by atoms with Gasteiger partial charge in [-0.15, -0.1) is 12.6 Å². The zero-order valence-corrected chi connectivity index (χ0v) is 5.40. The second kappa shape index (κ2) is 2.53. The van der Waals surface area contributed by atoms with Crippen molar-refractivity contribution in [2.45, 2.75) is 18.2 Å². The minimum atomic E-state index is -0.0278. The summed E-state index contributed by atoms with van der Waals surface area (Å²) in [4.78, 5) is 0. The minimum Gasteiger partial charge on any atom is -0.628 e. The third-order valence-corrected chi connectivity index (χ3v) is 1.73. The smallest absolute Gasteiger partial charge is 0.135 e. The van der Waals surface area contributed by atoms with Gasteiger partial charge < -0.3 is 10.3 Å². The molecule has 3 heteroatoms. The second-order valence-electron chi connectivity index (χ2n) is 1.90. The number of hydroxylamine groups is 2. The van der Waals surface area contributed by atoms with E-state index in [1.54, 1.807) is 6.20 Å². The molecule has 0 spiro atoms. The summed E-state index contributed by atoms with van der Waals surface area (Å²) in [7, 11) is 0. The molecule has 8 heavy (non-hydrogen) atoms. The summed E-state index contributed by atoms with van der Waals surface area (Å²) in [6.07, 6.45) is 5.41. The van der Waals surface area contributed by atoms with Gasteiger partial charge in [-0.1, -0.05) is 0 Å². The van der Waals surface area contributed by atoms with Gasteiger partial charge in [0.15, 0.2) is 0 Å². The molecule has 0 radical (unpaired) electrons. The van der Waals surface area contributed by atoms with Crippen LogP contribution in [0.4, 0.5) is 0 Å².